The molecule has 0 aliphatic heterocycles. The molecular formula is C46H82O5Si2. The van der Waals surface area contributed by atoms with Gasteiger partial charge in [-0.1, -0.05) is 119 Å². The van der Waals surface area contributed by atoms with Crippen molar-refractivity contribution in [1.29, 1.82) is 0 Å². The Kier molecular flexibility index (Phi) is 15.6. The average Bonchev–Trinajstić information content (AvgIpc) is 3.37. The molecular weight excluding hydrogens is 689 g/mol. The quantitative estimate of drug-likeness (QED) is 0.0677. The van der Waals surface area contributed by atoms with Crippen LogP contribution in [0.5, 0.6) is 0 Å². The number of hydrogen-bond acceptors (Lipinski definition) is 5. The number of esters is 1. The van der Waals surface area contributed by atoms with Crippen molar-refractivity contribution in [3.8, 4) is 0 Å². The molecule has 2 fully saturated rings. The number of allylic oxidation sites excluding steroid dienone is 5. The van der Waals surface area contributed by atoms with Crippen molar-refractivity contribution in [1.82, 2.24) is 0 Å². The highest BCUT2D eigenvalue weighted by atomic mass is 28.4. The molecule has 4 atom stereocenters. The van der Waals surface area contributed by atoms with Crippen molar-refractivity contribution in [2.24, 2.45) is 23.2 Å². The lowest BCUT2D eigenvalue weighted by atomic mass is 9.64. The van der Waals surface area contributed by atoms with Crippen LogP contribution in [-0.4, -0.2) is 47.2 Å². The van der Waals surface area contributed by atoms with Crippen molar-refractivity contribution in [3.63, 3.8) is 0 Å². The van der Waals surface area contributed by atoms with E-state index in [2.05, 4.69) is 128 Å². The van der Waals surface area contributed by atoms with E-state index in [1.165, 1.54) is 12.8 Å². The fourth-order valence-corrected chi connectivity index (χ4v) is 10.8. The molecule has 0 heterocycles. The molecule has 7 heteroatoms. The Morgan fingerprint density at radius 1 is 0.943 bits per heavy atom. The number of carbonyl (C=O) groups is 1. The van der Waals surface area contributed by atoms with E-state index in [0.29, 0.717) is 30.6 Å². The summed E-state index contributed by atoms with van der Waals surface area (Å²) >= 11 is 0. The third kappa shape index (κ3) is 11.9. The fraction of sp³-hybridized carbons (Fsp3) is 0.804. The van der Waals surface area contributed by atoms with Crippen molar-refractivity contribution in [2.45, 2.75) is 208 Å². The van der Waals surface area contributed by atoms with Crippen LogP contribution in [0.15, 0.2) is 47.1 Å². The van der Waals surface area contributed by atoms with Gasteiger partial charge in [0.1, 0.15) is 12.7 Å². The van der Waals surface area contributed by atoms with Gasteiger partial charge in [-0.2, -0.15) is 0 Å². The van der Waals surface area contributed by atoms with Gasteiger partial charge >= 0.3 is 5.97 Å². The third-order valence-corrected chi connectivity index (χ3v) is 22.7. The lowest BCUT2D eigenvalue weighted by Crippen LogP contribution is -2.56. The Balaban J connectivity index is 2.06. The molecule has 0 bridgehead atoms. The van der Waals surface area contributed by atoms with Gasteiger partial charge in [0.25, 0.3) is 0 Å². The Bertz CT molecular complexity index is 1340. The van der Waals surface area contributed by atoms with E-state index in [0.717, 1.165) is 56.1 Å². The Labute approximate surface area is 329 Å². The lowest BCUT2D eigenvalue weighted by Gasteiger charge is -2.51. The monoisotopic (exact) mass is 771 g/mol. The minimum atomic E-state index is -2.39. The number of rotatable bonds is 16. The SMILES string of the molecule is C=C1C(=CC=C2CCC[C@]3(C)C(CC)=CC[C@@H]23)C[C@](OCC(=O)OC(CCC(C)C)CCC(C)C)(O[Si](C)(C)C(C)(C)C)CC1O[Si](C)(C)C(C)(C)C. The molecule has 5 nitrogen and oxygen atoms in total. The van der Waals surface area contributed by atoms with Crippen LogP contribution in [0, 0.1) is 23.2 Å². The second-order valence-electron chi connectivity index (χ2n) is 21.0. The van der Waals surface area contributed by atoms with Crippen LogP contribution >= 0.6 is 0 Å². The van der Waals surface area contributed by atoms with Gasteiger partial charge in [-0.3, -0.25) is 0 Å². The molecule has 1 unspecified atom stereocenters. The van der Waals surface area contributed by atoms with E-state index < -0.39 is 22.4 Å². The molecule has 2 saturated carbocycles. The molecule has 0 radical (unpaired) electrons. The van der Waals surface area contributed by atoms with Crippen molar-refractivity contribution < 1.29 is 23.1 Å². The van der Waals surface area contributed by atoms with Gasteiger partial charge in [0.15, 0.2) is 22.4 Å². The number of fused-ring (bicyclic) bond motifs is 1. The second-order valence-corrected chi connectivity index (χ2v) is 30.4. The zero-order chi connectivity index (χ0) is 40.2. The summed E-state index contributed by atoms with van der Waals surface area (Å²) in [5.74, 6) is 0.320. The van der Waals surface area contributed by atoms with Crippen molar-refractivity contribution in [2.75, 3.05) is 6.61 Å². The first-order valence-corrected chi connectivity index (χ1v) is 27.1. The van der Waals surface area contributed by atoms with Crippen LogP contribution in [0.1, 0.15) is 154 Å². The standard InChI is InChI=1S/C46H82O5Si2/c1-18-38-25-28-40-36(20-19-29-45(38,40)13)23-24-37-30-46(51-53(16,17)44(10,11)12,31-41(35(37)6)50-52(14,15)43(7,8)9)48-32-42(47)49-39(26-21-33(2)3)27-22-34(4)5/h23-25,33-34,39-41H,6,18-22,26-32H2,1-5,7-17H3/t40-,41?,45+,46-/m0/s1. The molecule has 0 spiro atoms. The zero-order valence-corrected chi connectivity index (χ0v) is 39.4. The maximum absolute atomic E-state index is 13.7. The summed E-state index contributed by atoms with van der Waals surface area (Å²) in [5.41, 5.74) is 5.56. The number of ether oxygens (including phenoxy) is 2. The van der Waals surface area contributed by atoms with E-state index in [-0.39, 0.29) is 40.3 Å². The van der Waals surface area contributed by atoms with E-state index in [1.54, 1.807) is 11.1 Å². The minimum Gasteiger partial charge on any atom is -0.461 e. The second kappa shape index (κ2) is 17.9. The van der Waals surface area contributed by atoms with E-state index >= 15 is 0 Å². The summed E-state index contributed by atoms with van der Waals surface area (Å²) in [6.07, 6.45) is 17.6. The van der Waals surface area contributed by atoms with Crippen molar-refractivity contribution in [3.05, 3.63) is 47.1 Å². The Morgan fingerprint density at radius 2 is 1.53 bits per heavy atom. The van der Waals surface area contributed by atoms with Crippen LogP contribution < -0.4 is 0 Å². The maximum Gasteiger partial charge on any atom is 0.332 e. The molecule has 0 aromatic carbocycles. The van der Waals surface area contributed by atoms with E-state index in [9.17, 15) is 4.79 Å². The molecule has 3 rings (SSSR count). The molecule has 0 aromatic rings. The average molecular weight is 771 g/mol. The molecule has 0 aromatic heterocycles. The summed E-state index contributed by atoms with van der Waals surface area (Å²) < 4.78 is 27.7. The predicted octanol–water partition coefficient (Wildman–Crippen LogP) is 13.6. The highest BCUT2D eigenvalue weighted by molar-refractivity contribution is 6.74. The summed E-state index contributed by atoms with van der Waals surface area (Å²) in [7, 11) is -4.61. The first-order valence-electron chi connectivity index (χ1n) is 21.3. The van der Waals surface area contributed by atoms with Gasteiger partial charge in [0.2, 0.25) is 0 Å². The van der Waals surface area contributed by atoms with Crippen LogP contribution in [0.3, 0.4) is 0 Å². The molecule has 3 aliphatic carbocycles. The first-order chi connectivity index (χ1) is 24.3. The van der Waals surface area contributed by atoms with Crippen molar-refractivity contribution >= 4 is 22.6 Å². The van der Waals surface area contributed by atoms with Gasteiger partial charge in [0, 0.05) is 12.8 Å². The fourth-order valence-electron chi connectivity index (χ4n) is 8.11. The predicted molar refractivity (Wildman–Crippen MR) is 230 cm³/mol. The molecule has 304 valence electrons. The largest absolute Gasteiger partial charge is 0.461 e. The minimum absolute atomic E-state index is 0.0180. The van der Waals surface area contributed by atoms with E-state index in [1.807, 2.05) is 0 Å². The van der Waals surface area contributed by atoms with Gasteiger partial charge in [0.05, 0.1) is 6.10 Å². The van der Waals surface area contributed by atoms with Gasteiger partial charge in [-0.05, 0) is 128 Å². The molecule has 53 heavy (non-hydrogen) atoms. The van der Waals surface area contributed by atoms with Crippen LogP contribution in [0.25, 0.3) is 0 Å². The summed E-state index contributed by atoms with van der Waals surface area (Å²) in [6, 6.07) is 0. The zero-order valence-electron chi connectivity index (χ0n) is 37.4. The molecule has 3 aliphatic rings. The number of hydrogen-bond donors (Lipinski definition) is 0. The third-order valence-electron chi connectivity index (χ3n) is 13.7. The summed E-state index contributed by atoms with van der Waals surface area (Å²) in [6.45, 7) is 41.1. The van der Waals surface area contributed by atoms with Crippen LogP contribution in [-0.2, 0) is 23.1 Å². The number of carbonyl (C=O) groups excluding carboxylic acids is 1. The Hall–Kier alpha value is -1.26. The topological polar surface area (TPSA) is 54.0 Å². The highest BCUT2D eigenvalue weighted by Gasteiger charge is 2.52. The molecule has 0 amide bonds. The smallest absolute Gasteiger partial charge is 0.332 e. The maximum atomic E-state index is 13.7. The normalized spacial score (nSPS) is 27.7. The van der Waals surface area contributed by atoms with Gasteiger partial charge in [-0.25, -0.2) is 4.79 Å². The van der Waals surface area contributed by atoms with Crippen LogP contribution in [0.2, 0.25) is 36.3 Å². The molecule has 0 saturated heterocycles. The van der Waals surface area contributed by atoms with E-state index in [4.69, 9.17) is 24.9 Å². The Morgan fingerprint density at radius 3 is 2.06 bits per heavy atom. The lowest BCUT2D eigenvalue weighted by molar-refractivity contribution is -0.217. The van der Waals surface area contributed by atoms with Gasteiger partial charge < -0.3 is 18.3 Å². The summed E-state index contributed by atoms with van der Waals surface area (Å²) in [4.78, 5) is 13.7. The van der Waals surface area contributed by atoms with Crippen LogP contribution in [0.4, 0.5) is 0 Å². The van der Waals surface area contributed by atoms with Gasteiger partial charge in [-0.15, -0.1) is 0 Å². The first kappa shape index (κ1) is 46.1. The summed E-state index contributed by atoms with van der Waals surface area (Å²) in [5, 5.41) is -0.0397. The molecule has 0 N–H and O–H groups in total. The highest BCUT2D eigenvalue weighted by Crippen LogP contribution is 2.56.